The molecule has 0 spiro atoms. The summed E-state index contributed by atoms with van der Waals surface area (Å²) in [5, 5.41) is 7.76. The fourth-order valence-electron chi connectivity index (χ4n) is 2.96. The largest absolute Gasteiger partial charge is 0.464 e. The molecule has 0 radical (unpaired) electrons. The first-order chi connectivity index (χ1) is 14.8. The molecule has 0 bridgehead atoms. The highest BCUT2D eigenvalue weighted by Crippen LogP contribution is 2.29. The van der Waals surface area contributed by atoms with Crippen molar-refractivity contribution in [1.82, 2.24) is 24.7 Å². The average molecular weight is 428 g/mol. The maximum absolute atomic E-state index is 12.5. The quantitative estimate of drug-likeness (QED) is 0.407. The minimum absolute atomic E-state index is 0.134. The molecule has 10 nitrogen and oxygen atoms in total. The molecule has 3 aromatic rings. The van der Waals surface area contributed by atoms with Gasteiger partial charge in [-0.25, -0.2) is 14.8 Å². The second kappa shape index (κ2) is 9.69. The van der Waals surface area contributed by atoms with E-state index < -0.39 is 5.97 Å². The lowest BCUT2D eigenvalue weighted by Gasteiger charge is -2.22. The average Bonchev–Trinajstić information content (AvgIpc) is 3.11. The van der Waals surface area contributed by atoms with Crippen molar-refractivity contribution >= 4 is 34.6 Å². The number of carbonyl (C=O) groups is 1. The Kier molecular flexibility index (Phi) is 7.01. The molecular weight excluding hydrogens is 398 g/mol. The smallest absolute Gasteiger partial charge is 0.360 e. The normalized spacial score (nSPS) is 11.2. The maximum atomic E-state index is 12.5. The predicted octanol–water partition coefficient (Wildman–Crippen LogP) is 2.94. The first-order valence-corrected chi connectivity index (χ1v) is 10.2. The summed E-state index contributed by atoms with van der Waals surface area (Å²) in [5.41, 5.74) is 2.19. The molecule has 0 aliphatic carbocycles. The van der Waals surface area contributed by atoms with E-state index in [2.05, 4.69) is 20.4 Å². The third-order valence-corrected chi connectivity index (χ3v) is 4.86. The number of hydrogen-bond acceptors (Lipinski definition) is 9. The number of nitrogens with one attached hydrogen (secondary N) is 1. The zero-order valence-electron chi connectivity index (χ0n) is 18.8. The maximum Gasteiger partial charge on any atom is 0.360 e. The Bertz CT molecular complexity index is 1060. The Hall–Kier alpha value is -3.27. The van der Waals surface area contributed by atoms with Gasteiger partial charge in [-0.15, -0.1) is 0 Å². The van der Waals surface area contributed by atoms with E-state index in [1.807, 2.05) is 51.8 Å². The van der Waals surface area contributed by atoms with Gasteiger partial charge in [-0.3, -0.25) is 4.68 Å². The summed E-state index contributed by atoms with van der Waals surface area (Å²) in [6, 6.07) is 3.99. The summed E-state index contributed by atoms with van der Waals surface area (Å²) in [6.07, 6.45) is 1.73. The van der Waals surface area contributed by atoms with E-state index in [-0.39, 0.29) is 11.7 Å². The van der Waals surface area contributed by atoms with E-state index in [0.29, 0.717) is 48.4 Å². The summed E-state index contributed by atoms with van der Waals surface area (Å²) >= 11 is 0. The summed E-state index contributed by atoms with van der Waals surface area (Å²) in [7, 11) is 3.23. The number of nitrogens with zero attached hydrogens (tertiary/aromatic N) is 6. The van der Waals surface area contributed by atoms with Crippen molar-refractivity contribution in [2.24, 2.45) is 0 Å². The topological polar surface area (TPSA) is 107 Å². The van der Waals surface area contributed by atoms with E-state index in [4.69, 9.17) is 14.5 Å². The Morgan fingerprint density at radius 2 is 2.10 bits per heavy atom. The minimum atomic E-state index is -0.559. The van der Waals surface area contributed by atoms with Crippen LogP contribution in [-0.2, 0) is 16.0 Å². The zero-order chi connectivity index (χ0) is 22.5. The Labute approximate surface area is 181 Å². The lowest BCUT2D eigenvalue weighted by molar-refractivity contribution is 0.0594. The van der Waals surface area contributed by atoms with Crippen LogP contribution < -0.4 is 10.2 Å². The summed E-state index contributed by atoms with van der Waals surface area (Å²) in [4.78, 5) is 28.2. The molecule has 0 saturated carbocycles. The van der Waals surface area contributed by atoms with E-state index in [9.17, 15) is 4.79 Å². The summed E-state index contributed by atoms with van der Waals surface area (Å²) in [5.74, 6) is 1.05. The van der Waals surface area contributed by atoms with Crippen LogP contribution in [0.4, 0.5) is 17.6 Å². The molecule has 1 N–H and O–H groups in total. The van der Waals surface area contributed by atoms with Gasteiger partial charge in [0.1, 0.15) is 16.9 Å². The monoisotopic (exact) mass is 427 g/mol. The zero-order valence-corrected chi connectivity index (χ0v) is 18.8. The van der Waals surface area contributed by atoms with Gasteiger partial charge < -0.3 is 19.7 Å². The number of aryl methyl sites for hydroxylation is 1. The molecule has 0 unspecified atom stereocenters. The number of anilines is 3. The van der Waals surface area contributed by atoms with Crippen molar-refractivity contribution in [2.75, 3.05) is 37.6 Å². The van der Waals surface area contributed by atoms with Gasteiger partial charge in [0.25, 0.3) is 0 Å². The van der Waals surface area contributed by atoms with Gasteiger partial charge in [0.05, 0.1) is 20.3 Å². The minimum Gasteiger partial charge on any atom is -0.464 e. The third kappa shape index (κ3) is 4.91. The molecule has 10 heteroatoms. The molecule has 0 atom stereocenters. The van der Waals surface area contributed by atoms with Crippen molar-refractivity contribution in [2.45, 2.75) is 40.3 Å². The van der Waals surface area contributed by atoms with Gasteiger partial charge in [0.15, 0.2) is 11.5 Å². The number of rotatable bonds is 9. The number of aromatic nitrogens is 5. The number of esters is 1. The highest BCUT2D eigenvalue weighted by Gasteiger charge is 2.25. The van der Waals surface area contributed by atoms with E-state index in [1.54, 1.807) is 10.9 Å². The predicted molar refractivity (Wildman–Crippen MR) is 119 cm³/mol. The molecular formula is C21H29N7O3. The molecule has 3 heterocycles. The van der Waals surface area contributed by atoms with Gasteiger partial charge in [-0.2, -0.15) is 10.1 Å². The van der Waals surface area contributed by atoms with Crippen LogP contribution in [-0.4, -0.2) is 64.1 Å². The van der Waals surface area contributed by atoms with E-state index in [0.717, 1.165) is 5.56 Å². The second-order valence-corrected chi connectivity index (χ2v) is 7.38. The highest BCUT2D eigenvalue weighted by molar-refractivity contribution is 6.03. The van der Waals surface area contributed by atoms with E-state index >= 15 is 0 Å². The number of pyridine rings is 1. The first-order valence-electron chi connectivity index (χ1n) is 10.2. The molecule has 0 aromatic carbocycles. The van der Waals surface area contributed by atoms with Crippen molar-refractivity contribution in [3.8, 4) is 0 Å². The SMILES string of the molecule is CCOCCn1nc(C(=O)OC)c2nc(N(C)C(C)C)nc(Nc3cc(C)ccn3)c21. The van der Waals surface area contributed by atoms with Crippen LogP contribution in [0.3, 0.4) is 0 Å². The van der Waals surface area contributed by atoms with Crippen LogP contribution in [0.1, 0.15) is 36.8 Å². The van der Waals surface area contributed by atoms with Gasteiger partial charge in [0.2, 0.25) is 5.95 Å². The van der Waals surface area contributed by atoms with Crippen molar-refractivity contribution in [3.63, 3.8) is 0 Å². The number of fused-ring (bicyclic) bond motifs is 1. The fraction of sp³-hybridized carbons (Fsp3) is 0.476. The lowest BCUT2D eigenvalue weighted by atomic mass is 10.3. The number of ether oxygens (including phenoxy) is 2. The molecule has 3 rings (SSSR count). The molecule has 0 aliphatic heterocycles. The van der Waals surface area contributed by atoms with Gasteiger partial charge >= 0.3 is 5.97 Å². The molecule has 3 aromatic heterocycles. The lowest BCUT2D eigenvalue weighted by Crippen LogP contribution is -2.28. The number of hydrogen-bond donors (Lipinski definition) is 1. The first kappa shape index (κ1) is 22.4. The van der Waals surface area contributed by atoms with Crippen LogP contribution in [0, 0.1) is 6.92 Å². The molecule has 31 heavy (non-hydrogen) atoms. The van der Waals surface area contributed by atoms with Crippen LogP contribution >= 0.6 is 0 Å². The van der Waals surface area contributed by atoms with Crippen LogP contribution in [0.2, 0.25) is 0 Å². The molecule has 0 amide bonds. The van der Waals surface area contributed by atoms with E-state index in [1.165, 1.54) is 7.11 Å². The highest BCUT2D eigenvalue weighted by atomic mass is 16.5. The van der Waals surface area contributed by atoms with Crippen LogP contribution in [0.25, 0.3) is 11.0 Å². The second-order valence-electron chi connectivity index (χ2n) is 7.38. The van der Waals surface area contributed by atoms with Gasteiger partial charge in [-0.05, 0) is 45.4 Å². The standard InChI is InChI=1S/C21H29N7O3/c1-7-31-11-10-28-18-16(17(26-28)20(29)30-6)24-21(27(5)13(2)3)25-19(18)23-15-12-14(4)8-9-22-15/h8-9,12-13H,7,10-11H2,1-6H3,(H,22,23,24,25). The van der Waals surface area contributed by atoms with Crippen molar-refractivity contribution in [1.29, 1.82) is 0 Å². The number of carbonyl (C=O) groups excluding carboxylic acids is 1. The fourth-order valence-corrected chi connectivity index (χ4v) is 2.96. The third-order valence-electron chi connectivity index (χ3n) is 4.86. The molecule has 0 saturated heterocycles. The van der Waals surface area contributed by atoms with Crippen molar-refractivity contribution < 1.29 is 14.3 Å². The Balaban J connectivity index is 2.22. The van der Waals surface area contributed by atoms with Crippen LogP contribution in [0.15, 0.2) is 18.3 Å². The van der Waals surface area contributed by atoms with Crippen molar-refractivity contribution in [3.05, 3.63) is 29.6 Å². The number of methoxy groups -OCH3 is 1. The summed E-state index contributed by atoms with van der Waals surface area (Å²) in [6.45, 7) is 9.44. The summed E-state index contributed by atoms with van der Waals surface area (Å²) < 4.78 is 12.1. The van der Waals surface area contributed by atoms with Gasteiger partial charge in [-0.1, -0.05) is 0 Å². The van der Waals surface area contributed by atoms with Crippen LogP contribution in [0.5, 0.6) is 0 Å². The molecule has 0 aliphatic rings. The Morgan fingerprint density at radius 3 is 2.74 bits per heavy atom. The molecule has 166 valence electrons. The molecule has 0 fully saturated rings. The van der Waals surface area contributed by atoms with Gasteiger partial charge in [0, 0.05) is 25.9 Å². The Morgan fingerprint density at radius 1 is 1.32 bits per heavy atom.